The number of nitrogens with two attached hydrogens (primary N) is 1. The van der Waals surface area contributed by atoms with Gasteiger partial charge in [0.1, 0.15) is 6.04 Å². The molecule has 5 N–H and O–H groups in total. The summed E-state index contributed by atoms with van der Waals surface area (Å²) in [5.41, 5.74) is 4.82. The number of carbonyl (C=O) groups is 3. The molecular formula is C6H8N6O4. The van der Waals surface area contributed by atoms with Crippen molar-refractivity contribution in [3.8, 4) is 0 Å². The number of aromatic amines is 1. The van der Waals surface area contributed by atoms with Gasteiger partial charge in [0.15, 0.2) is 0 Å². The van der Waals surface area contributed by atoms with E-state index in [1.54, 1.807) is 0 Å². The van der Waals surface area contributed by atoms with Gasteiger partial charge in [0.25, 0.3) is 11.7 Å². The lowest BCUT2D eigenvalue weighted by atomic mass is 10.2. The zero-order valence-electron chi connectivity index (χ0n) is 7.88. The van der Waals surface area contributed by atoms with Gasteiger partial charge in [-0.2, -0.15) is 5.21 Å². The van der Waals surface area contributed by atoms with Crippen molar-refractivity contribution < 1.29 is 19.5 Å². The van der Waals surface area contributed by atoms with Crippen LogP contribution in [0, 0.1) is 0 Å². The lowest BCUT2D eigenvalue weighted by Crippen LogP contribution is -2.43. The minimum absolute atomic E-state index is 0.323. The Morgan fingerprint density at radius 1 is 1.50 bits per heavy atom. The number of aliphatic carboxylic acids is 1. The number of hydrogen-bond acceptors (Lipinski definition) is 6. The molecule has 1 heterocycles. The van der Waals surface area contributed by atoms with Crippen LogP contribution in [-0.4, -0.2) is 49.6 Å². The second kappa shape index (κ2) is 4.82. The highest BCUT2D eigenvalue weighted by atomic mass is 16.4. The van der Waals surface area contributed by atoms with Crippen molar-refractivity contribution in [3.63, 3.8) is 0 Å². The molecule has 0 spiro atoms. The first-order valence-electron chi connectivity index (χ1n) is 4.06. The summed E-state index contributed by atoms with van der Waals surface area (Å²) in [5.74, 6) is -3.41. The predicted molar refractivity (Wildman–Crippen MR) is 46.9 cm³/mol. The van der Waals surface area contributed by atoms with Gasteiger partial charge in [-0.25, -0.2) is 4.79 Å². The Kier molecular flexibility index (Phi) is 3.48. The number of aromatic nitrogens is 4. The van der Waals surface area contributed by atoms with E-state index in [0.717, 1.165) is 0 Å². The Morgan fingerprint density at radius 2 is 2.19 bits per heavy atom. The number of nitrogens with one attached hydrogen (secondary N) is 2. The fraction of sp³-hybridized carbons (Fsp3) is 0.333. The quantitative estimate of drug-likeness (QED) is 0.424. The molecule has 0 aliphatic carbocycles. The Labute approximate surface area is 88.2 Å². The summed E-state index contributed by atoms with van der Waals surface area (Å²) in [6.45, 7) is 0. The number of carbonyl (C=O) groups excluding carboxylic acids is 2. The van der Waals surface area contributed by atoms with Crippen molar-refractivity contribution in [1.82, 2.24) is 25.9 Å². The average molecular weight is 228 g/mol. The molecule has 0 aliphatic heterocycles. The molecule has 2 amide bonds. The van der Waals surface area contributed by atoms with Crippen LogP contribution in [0.1, 0.15) is 17.0 Å². The number of nitrogens with zero attached hydrogens (tertiary/aromatic N) is 3. The third-order valence-electron chi connectivity index (χ3n) is 1.56. The Balaban J connectivity index is 2.65. The number of carboxylic acid groups (broad SMARTS) is 1. The molecule has 0 unspecified atom stereocenters. The minimum Gasteiger partial charge on any atom is -0.480 e. The molecule has 0 saturated heterocycles. The highest BCUT2D eigenvalue weighted by molar-refractivity contribution is 5.94. The molecule has 10 heteroatoms. The van der Waals surface area contributed by atoms with Gasteiger partial charge in [-0.3, -0.25) is 9.59 Å². The minimum atomic E-state index is -1.41. The van der Waals surface area contributed by atoms with Gasteiger partial charge < -0.3 is 16.2 Å². The number of carboxylic acids is 1. The molecule has 1 rings (SSSR count). The van der Waals surface area contributed by atoms with Gasteiger partial charge in [-0.05, 0) is 5.21 Å². The predicted octanol–water partition coefficient (Wildman–Crippen LogP) is -2.74. The van der Waals surface area contributed by atoms with Crippen molar-refractivity contribution in [3.05, 3.63) is 5.82 Å². The van der Waals surface area contributed by atoms with Crippen LogP contribution in [0.15, 0.2) is 0 Å². The average Bonchev–Trinajstić information content (AvgIpc) is 2.68. The zero-order valence-corrected chi connectivity index (χ0v) is 7.88. The van der Waals surface area contributed by atoms with Crippen LogP contribution in [-0.2, 0) is 9.59 Å². The normalized spacial score (nSPS) is 11.8. The van der Waals surface area contributed by atoms with E-state index in [9.17, 15) is 14.4 Å². The Hall–Kier alpha value is -2.52. The van der Waals surface area contributed by atoms with E-state index in [4.69, 9.17) is 10.8 Å². The zero-order chi connectivity index (χ0) is 12.1. The number of hydrogen-bond donors (Lipinski definition) is 4. The molecule has 0 saturated carbocycles. The lowest BCUT2D eigenvalue weighted by Gasteiger charge is -2.10. The van der Waals surface area contributed by atoms with E-state index in [1.807, 2.05) is 10.5 Å². The highest BCUT2D eigenvalue weighted by Crippen LogP contribution is 1.94. The molecule has 10 nitrogen and oxygen atoms in total. The maximum absolute atomic E-state index is 11.3. The van der Waals surface area contributed by atoms with Crippen LogP contribution >= 0.6 is 0 Å². The molecule has 1 aromatic heterocycles. The SMILES string of the molecule is NC(=O)C[C@@H](NC(=O)c1nn[nH]n1)C(=O)O. The Morgan fingerprint density at radius 3 is 2.62 bits per heavy atom. The first-order valence-corrected chi connectivity index (χ1v) is 4.06. The van der Waals surface area contributed by atoms with E-state index >= 15 is 0 Å². The van der Waals surface area contributed by atoms with Crippen LogP contribution in [0.25, 0.3) is 0 Å². The maximum atomic E-state index is 11.3. The van der Waals surface area contributed by atoms with Gasteiger partial charge >= 0.3 is 5.97 Å². The fourth-order valence-electron chi connectivity index (χ4n) is 0.882. The van der Waals surface area contributed by atoms with E-state index in [2.05, 4.69) is 15.4 Å². The van der Waals surface area contributed by atoms with Gasteiger partial charge in [0.2, 0.25) is 5.91 Å². The van der Waals surface area contributed by atoms with Gasteiger partial charge in [-0.15, -0.1) is 10.2 Å². The first kappa shape index (κ1) is 11.6. The number of amides is 2. The maximum Gasteiger partial charge on any atom is 0.326 e. The van der Waals surface area contributed by atoms with Crippen molar-refractivity contribution >= 4 is 17.8 Å². The molecule has 1 aromatic rings. The first-order chi connectivity index (χ1) is 7.50. The number of rotatable bonds is 5. The summed E-state index contributed by atoms with van der Waals surface area (Å²) >= 11 is 0. The van der Waals surface area contributed by atoms with Crippen molar-refractivity contribution in [1.29, 1.82) is 0 Å². The van der Waals surface area contributed by atoms with Crippen LogP contribution in [0.3, 0.4) is 0 Å². The third-order valence-corrected chi connectivity index (χ3v) is 1.56. The Bertz CT molecular complexity index is 401. The highest BCUT2D eigenvalue weighted by Gasteiger charge is 2.24. The summed E-state index contributed by atoms with van der Waals surface area (Å²) in [6, 6.07) is -1.41. The van der Waals surface area contributed by atoms with Gasteiger partial charge in [-0.1, -0.05) is 0 Å². The van der Waals surface area contributed by atoms with E-state index in [-0.39, 0.29) is 5.82 Å². The van der Waals surface area contributed by atoms with Gasteiger partial charge in [0, 0.05) is 0 Å². The summed E-state index contributed by atoms with van der Waals surface area (Å²) in [5, 5.41) is 22.5. The molecule has 0 aliphatic rings. The fourth-order valence-corrected chi connectivity index (χ4v) is 0.882. The monoisotopic (exact) mass is 228 g/mol. The number of tetrazole rings is 1. The lowest BCUT2D eigenvalue weighted by molar-refractivity contribution is -0.140. The van der Waals surface area contributed by atoms with E-state index in [0.29, 0.717) is 0 Å². The van der Waals surface area contributed by atoms with E-state index < -0.39 is 30.2 Å². The summed E-state index contributed by atoms with van der Waals surface area (Å²) in [4.78, 5) is 32.5. The molecule has 0 bridgehead atoms. The third kappa shape index (κ3) is 3.01. The molecule has 1 atom stereocenters. The molecule has 86 valence electrons. The van der Waals surface area contributed by atoms with Crippen LogP contribution < -0.4 is 11.1 Å². The van der Waals surface area contributed by atoms with Crippen molar-refractivity contribution in [2.45, 2.75) is 12.5 Å². The second-order valence-electron chi connectivity index (χ2n) is 2.77. The number of primary amides is 1. The van der Waals surface area contributed by atoms with Gasteiger partial charge in [0.05, 0.1) is 6.42 Å². The summed E-state index contributed by atoms with van der Waals surface area (Å²) in [6.07, 6.45) is -0.515. The molecule has 0 fully saturated rings. The van der Waals surface area contributed by atoms with Crippen LogP contribution in [0.5, 0.6) is 0 Å². The van der Waals surface area contributed by atoms with Crippen molar-refractivity contribution in [2.75, 3.05) is 0 Å². The summed E-state index contributed by atoms with van der Waals surface area (Å²) < 4.78 is 0. The topological polar surface area (TPSA) is 164 Å². The van der Waals surface area contributed by atoms with Crippen molar-refractivity contribution in [2.24, 2.45) is 5.73 Å². The van der Waals surface area contributed by atoms with Crippen LogP contribution in [0.4, 0.5) is 0 Å². The molecule has 16 heavy (non-hydrogen) atoms. The smallest absolute Gasteiger partial charge is 0.326 e. The molecule has 0 radical (unpaired) electrons. The summed E-state index contributed by atoms with van der Waals surface area (Å²) in [7, 11) is 0. The number of H-pyrrole nitrogens is 1. The largest absolute Gasteiger partial charge is 0.480 e. The van der Waals surface area contributed by atoms with E-state index in [1.165, 1.54) is 0 Å². The molecule has 0 aromatic carbocycles. The standard InChI is InChI=1S/C6H8N6O4/c7-3(13)1-2(6(15)16)8-5(14)4-9-11-12-10-4/h2H,1H2,(H2,7,13)(H,8,14)(H,15,16)(H,9,10,11,12)/t2-/m1/s1. The second-order valence-corrected chi connectivity index (χ2v) is 2.77. The van der Waals surface area contributed by atoms with Crippen LogP contribution in [0.2, 0.25) is 0 Å². The molecular weight excluding hydrogens is 220 g/mol.